The van der Waals surface area contributed by atoms with E-state index in [0.717, 1.165) is 3.57 Å². The maximum absolute atomic E-state index is 11.8. The summed E-state index contributed by atoms with van der Waals surface area (Å²) in [4.78, 5) is 23.5. The van der Waals surface area contributed by atoms with Crippen molar-refractivity contribution < 1.29 is 14.3 Å². The molecule has 0 aromatic heterocycles. The van der Waals surface area contributed by atoms with Crippen molar-refractivity contribution in [1.29, 1.82) is 0 Å². The molecule has 1 N–H and O–H groups in total. The highest BCUT2D eigenvalue weighted by molar-refractivity contribution is 14.1. The molecule has 2 aromatic carbocycles. The van der Waals surface area contributed by atoms with Crippen molar-refractivity contribution in [2.75, 3.05) is 11.9 Å². The van der Waals surface area contributed by atoms with Crippen LogP contribution in [0.15, 0.2) is 48.5 Å². The fourth-order valence-electron chi connectivity index (χ4n) is 1.60. The highest BCUT2D eigenvalue weighted by Crippen LogP contribution is 2.16. The number of esters is 1. The number of rotatable bonds is 4. The Hall–Kier alpha value is -1.60. The van der Waals surface area contributed by atoms with Gasteiger partial charge in [0.25, 0.3) is 5.91 Å². The Morgan fingerprint density at radius 3 is 2.62 bits per heavy atom. The van der Waals surface area contributed by atoms with E-state index < -0.39 is 11.9 Å². The van der Waals surface area contributed by atoms with E-state index >= 15 is 0 Å². The lowest BCUT2D eigenvalue weighted by atomic mass is 10.2. The zero-order valence-electron chi connectivity index (χ0n) is 10.8. The molecular formula is C15H11ClINO3. The molecule has 0 radical (unpaired) electrons. The Morgan fingerprint density at radius 2 is 1.90 bits per heavy atom. The molecule has 2 aromatic rings. The average molecular weight is 416 g/mol. The minimum absolute atomic E-state index is 0.237. The first-order chi connectivity index (χ1) is 10.1. The summed E-state index contributed by atoms with van der Waals surface area (Å²) in [5, 5.41) is 2.94. The van der Waals surface area contributed by atoms with Gasteiger partial charge in [-0.3, -0.25) is 4.79 Å². The van der Waals surface area contributed by atoms with E-state index in [1.165, 1.54) is 0 Å². The van der Waals surface area contributed by atoms with E-state index in [1.54, 1.807) is 30.3 Å². The lowest BCUT2D eigenvalue weighted by Gasteiger charge is -2.07. The molecule has 2 rings (SSSR count). The van der Waals surface area contributed by atoms with E-state index in [1.807, 2.05) is 18.2 Å². The molecule has 0 atom stereocenters. The summed E-state index contributed by atoms with van der Waals surface area (Å²) < 4.78 is 5.93. The van der Waals surface area contributed by atoms with Crippen molar-refractivity contribution >= 4 is 51.8 Å². The number of ether oxygens (including phenoxy) is 1. The number of benzene rings is 2. The third-order valence-corrected chi connectivity index (χ3v) is 3.54. The molecule has 0 aliphatic heterocycles. The molecule has 0 fully saturated rings. The fourth-order valence-corrected chi connectivity index (χ4v) is 2.35. The van der Waals surface area contributed by atoms with Gasteiger partial charge in [-0.25, -0.2) is 4.79 Å². The second kappa shape index (κ2) is 7.42. The molecule has 6 heteroatoms. The van der Waals surface area contributed by atoms with Crippen molar-refractivity contribution in [1.82, 2.24) is 0 Å². The van der Waals surface area contributed by atoms with Crippen LogP contribution in [0, 0.1) is 3.57 Å². The number of carbonyl (C=O) groups is 2. The minimum atomic E-state index is -0.626. The van der Waals surface area contributed by atoms with E-state index in [0.29, 0.717) is 10.7 Å². The van der Waals surface area contributed by atoms with Gasteiger partial charge in [0, 0.05) is 9.26 Å². The number of amides is 1. The predicted octanol–water partition coefficient (Wildman–Crippen LogP) is 3.74. The van der Waals surface area contributed by atoms with Gasteiger partial charge in [-0.2, -0.15) is 0 Å². The van der Waals surface area contributed by atoms with Crippen LogP contribution in [-0.4, -0.2) is 18.5 Å². The molecule has 21 heavy (non-hydrogen) atoms. The summed E-state index contributed by atoms with van der Waals surface area (Å²) in [5.74, 6) is -1.03. The Bertz CT molecular complexity index is 675. The lowest BCUT2D eigenvalue weighted by molar-refractivity contribution is -0.119. The predicted molar refractivity (Wildman–Crippen MR) is 89.5 cm³/mol. The van der Waals surface area contributed by atoms with Gasteiger partial charge in [0.2, 0.25) is 0 Å². The summed E-state index contributed by atoms with van der Waals surface area (Å²) >= 11 is 8.02. The summed E-state index contributed by atoms with van der Waals surface area (Å²) in [5.41, 5.74) is 0.891. The first-order valence-corrected chi connectivity index (χ1v) is 7.49. The van der Waals surface area contributed by atoms with Gasteiger partial charge in [-0.05, 0) is 52.9 Å². The zero-order chi connectivity index (χ0) is 15.2. The van der Waals surface area contributed by atoms with E-state index in [9.17, 15) is 9.59 Å². The van der Waals surface area contributed by atoms with Crippen LogP contribution in [-0.2, 0) is 9.53 Å². The quantitative estimate of drug-likeness (QED) is 0.611. The van der Waals surface area contributed by atoms with Crippen LogP contribution in [0.25, 0.3) is 0 Å². The van der Waals surface area contributed by atoms with Crippen LogP contribution in [0.2, 0.25) is 5.02 Å². The molecular weight excluding hydrogens is 405 g/mol. The molecule has 0 spiro atoms. The first kappa shape index (κ1) is 15.8. The van der Waals surface area contributed by atoms with Crippen LogP contribution >= 0.6 is 34.2 Å². The van der Waals surface area contributed by atoms with E-state index in [-0.39, 0.29) is 12.2 Å². The lowest BCUT2D eigenvalue weighted by Crippen LogP contribution is -2.21. The van der Waals surface area contributed by atoms with Gasteiger partial charge in [-0.1, -0.05) is 29.8 Å². The molecule has 0 saturated carbocycles. The third-order valence-electron chi connectivity index (χ3n) is 2.54. The van der Waals surface area contributed by atoms with Gasteiger partial charge in [-0.15, -0.1) is 0 Å². The van der Waals surface area contributed by atoms with Crippen LogP contribution in [0.1, 0.15) is 10.4 Å². The second-order valence-corrected chi connectivity index (χ2v) is 5.77. The van der Waals surface area contributed by atoms with Crippen molar-refractivity contribution in [2.24, 2.45) is 0 Å². The first-order valence-electron chi connectivity index (χ1n) is 6.03. The van der Waals surface area contributed by atoms with Crippen LogP contribution in [0.4, 0.5) is 5.69 Å². The largest absolute Gasteiger partial charge is 0.452 e. The van der Waals surface area contributed by atoms with Crippen molar-refractivity contribution in [3.05, 3.63) is 62.7 Å². The van der Waals surface area contributed by atoms with Crippen LogP contribution in [0.3, 0.4) is 0 Å². The Kier molecular flexibility index (Phi) is 5.58. The highest BCUT2D eigenvalue weighted by atomic mass is 127. The summed E-state index contributed by atoms with van der Waals surface area (Å²) in [6.07, 6.45) is 0. The van der Waals surface area contributed by atoms with E-state index in [2.05, 4.69) is 27.9 Å². The van der Waals surface area contributed by atoms with Gasteiger partial charge in [0.1, 0.15) is 0 Å². The molecule has 108 valence electrons. The number of anilines is 1. The third kappa shape index (κ3) is 4.71. The Balaban J connectivity index is 1.90. The Morgan fingerprint density at radius 1 is 1.14 bits per heavy atom. The molecule has 0 unspecified atom stereocenters. The zero-order valence-corrected chi connectivity index (χ0v) is 13.7. The van der Waals surface area contributed by atoms with Gasteiger partial charge in [0.05, 0.1) is 10.6 Å². The number of hydrogen-bond donors (Lipinski definition) is 1. The topological polar surface area (TPSA) is 55.4 Å². The fraction of sp³-hybridized carbons (Fsp3) is 0.0667. The standard InChI is InChI=1S/C15H11ClINO3/c16-13-7-2-1-6-12(13)15(20)21-9-14(19)18-11-5-3-4-10(17)8-11/h1-8H,9H2,(H,18,19). The van der Waals surface area contributed by atoms with Gasteiger partial charge < -0.3 is 10.1 Å². The second-order valence-electron chi connectivity index (χ2n) is 4.11. The number of carbonyl (C=O) groups excluding carboxylic acids is 2. The monoisotopic (exact) mass is 415 g/mol. The molecule has 1 amide bonds. The summed E-state index contributed by atoms with van der Waals surface area (Å²) in [6.45, 7) is -0.366. The average Bonchev–Trinajstić information content (AvgIpc) is 2.45. The molecule has 4 nitrogen and oxygen atoms in total. The smallest absolute Gasteiger partial charge is 0.340 e. The van der Waals surface area contributed by atoms with Crippen molar-refractivity contribution in [3.8, 4) is 0 Å². The number of nitrogens with one attached hydrogen (secondary N) is 1. The maximum Gasteiger partial charge on any atom is 0.340 e. The van der Waals surface area contributed by atoms with E-state index in [4.69, 9.17) is 16.3 Å². The molecule has 0 bridgehead atoms. The van der Waals surface area contributed by atoms with Crippen LogP contribution < -0.4 is 5.32 Å². The van der Waals surface area contributed by atoms with Crippen molar-refractivity contribution in [2.45, 2.75) is 0 Å². The number of hydrogen-bond acceptors (Lipinski definition) is 3. The Labute approximate surface area is 140 Å². The van der Waals surface area contributed by atoms with Crippen LogP contribution in [0.5, 0.6) is 0 Å². The highest BCUT2D eigenvalue weighted by Gasteiger charge is 2.13. The SMILES string of the molecule is O=C(COC(=O)c1ccccc1Cl)Nc1cccc(I)c1. The number of halogens is 2. The summed E-state index contributed by atoms with van der Waals surface area (Å²) in [7, 11) is 0. The molecule has 0 aliphatic carbocycles. The molecule has 0 saturated heterocycles. The van der Waals surface area contributed by atoms with Gasteiger partial charge in [0.15, 0.2) is 6.61 Å². The van der Waals surface area contributed by atoms with Gasteiger partial charge >= 0.3 is 5.97 Å². The molecule has 0 heterocycles. The normalized spacial score (nSPS) is 10.0. The van der Waals surface area contributed by atoms with Crippen molar-refractivity contribution in [3.63, 3.8) is 0 Å². The summed E-state index contributed by atoms with van der Waals surface area (Å²) in [6, 6.07) is 13.8. The molecule has 0 aliphatic rings. The minimum Gasteiger partial charge on any atom is -0.452 e. The maximum atomic E-state index is 11.8.